The molecule has 0 aliphatic heterocycles. The molecule has 3 heteroatoms. The van der Waals surface area contributed by atoms with Crippen LogP contribution in [0.4, 0.5) is 0 Å². The van der Waals surface area contributed by atoms with Crippen molar-refractivity contribution in [2.75, 3.05) is 13.1 Å². The molecule has 0 amide bonds. The van der Waals surface area contributed by atoms with E-state index in [1.165, 1.54) is 0 Å². The maximum Gasteiger partial charge on any atom is 0.0898 e. The lowest BCUT2D eigenvalue weighted by atomic mass is 9.91. The highest BCUT2D eigenvalue weighted by Gasteiger charge is 2.24. The summed E-state index contributed by atoms with van der Waals surface area (Å²) >= 11 is 0. The SMILES string of the molecule is CCCNCCC(C)(O)c1cnccc1C. The van der Waals surface area contributed by atoms with Gasteiger partial charge in [-0.05, 0) is 51.4 Å². The molecule has 0 saturated heterocycles. The van der Waals surface area contributed by atoms with Gasteiger partial charge in [0.2, 0.25) is 0 Å². The first kappa shape index (κ1) is 13.1. The molecule has 2 N–H and O–H groups in total. The molecule has 0 aromatic carbocycles. The number of hydrogen-bond acceptors (Lipinski definition) is 3. The first-order valence-corrected chi connectivity index (χ1v) is 5.92. The number of rotatable bonds is 6. The minimum Gasteiger partial charge on any atom is -0.385 e. The number of nitrogens with one attached hydrogen (secondary N) is 1. The van der Waals surface area contributed by atoms with Crippen LogP contribution in [0.25, 0.3) is 0 Å². The van der Waals surface area contributed by atoms with Crippen molar-refractivity contribution in [2.45, 2.75) is 39.2 Å². The van der Waals surface area contributed by atoms with E-state index in [2.05, 4.69) is 17.2 Å². The van der Waals surface area contributed by atoms with Gasteiger partial charge in [0, 0.05) is 18.0 Å². The molecule has 1 heterocycles. The standard InChI is InChI=1S/C13H22N2O/c1-4-7-14-9-6-13(3,16)12-10-15-8-5-11(12)2/h5,8,10,14,16H,4,6-7,9H2,1-3H3. The van der Waals surface area contributed by atoms with Crippen molar-refractivity contribution in [3.8, 4) is 0 Å². The molecule has 90 valence electrons. The lowest BCUT2D eigenvalue weighted by Gasteiger charge is -2.25. The average molecular weight is 222 g/mol. The fourth-order valence-electron chi connectivity index (χ4n) is 1.80. The van der Waals surface area contributed by atoms with E-state index in [1.54, 1.807) is 12.4 Å². The van der Waals surface area contributed by atoms with Crippen molar-refractivity contribution in [3.05, 3.63) is 29.6 Å². The number of aryl methyl sites for hydroxylation is 1. The van der Waals surface area contributed by atoms with Gasteiger partial charge in [0.15, 0.2) is 0 Å². The van der Waals surface area contributed by atoms with Gasteiger partial charge in [-0.1, -0.05) is 6.92 Å². The molecule has 0 spiro atoms. The molecule has 0 saturated carbocycles. The van der Waals surface area contributed by atoms with Gasteiger partial charge in [0.05, 0.1) is 5.60 Å². The summed E-state index contributed by atoms with van der Waals surface area (Å²) in [6, 6.07) is 1.93. The Hall–Kier alpha value is -0.930. The van der Waals surface area contributed by atoms with Crippen LogP contribution in [0.15, 0.2) is 18.5 Å². The first-order chi connectivity index (χ1) is 7.58. The molecule has 1 unspecified atom stereocenters. The van der Waals surface area contributed by atoms with Crippen LogP contribution in [0.1, 0.15) is 37.8 Å². The van der Waals surface area contributed by atoms with Crippen LogP contribution in [-0.4, -0.2) is 23.2 Å². The summed E-state index contributed by atoms with van der Waals surface area (Å²) in [5.74, 6) is 0. The van der Waals surface area contributed by atoms with E-state index in [0.29, 0.717) is 6.42 Å². The van der Waals surface area contributed by atoms with Gasteiger partial charge >= 0.3 is 0 Å². The van der Waals surface area contributed by atoms with E-state index in [-0.39, 0.29) is 0 Å². The molecule has 0 fully saturated rings. The molecule has 1 aromatic heterocycles. The highest BCUT2D eigenvalue weighted by atomic mass is 16.3. The van der Waals surface area contributed by atoms with E-state index in [0.717, 1.165) is 30.6 Å². The molecular weight excluding hydrogens is 200 g/mol. The number of aromatic nitrogens is 1. The maximum atomic E-state index is 10.4. The van der Waals surface area contributed by atoms with Crippen LogP contribution in [0.2, 0.25) is 0 Å². The monoisotopic (exact) mass is 222 g/mol. The topological polar surface area (TPSA) is 45.1 Å². The molecule has 0 aliphatic carbocycles. The summed E-state index contributed by atoms with van der Waals surface area (Å²) in [5.41, 5.74) is 1.22. The lowest BCUT2D eigenvalue weighted by molar-refractivity contribution is 0.0471. The minimum absolute atomic E-state index is 0.708. The highest BCUT2D eigenvalue weighted by molar-refractivity contribution is 5.27. The van der Waals surface area contributed by atoms with E-state index >= 15 is 0 Å². The Morgan fingerprint density at radius 1 is 1.44 bits per heavy atom. The Morgan fingerprint density at radius 3 is 2.81 bits per heavy atom. The number of aliphatic hydroxyl groups is 1. The van der Waals surface area contributed by atoms with Gasteiger partial charge in [0.1, 0.15) is 0 Å². The molecule has 1 aromatic rings. The second-order valence-electron chi connectivity index (χ2n) is 4.46. The van der Waals surface area contributed by atoms with E-state index < -0.39 is 5.60 Å². The van der Waals surface area contributed by atoms with Gasteiger partial charge in [-0.2, -0.15) is 0 Å². The summed E-state index contributed by atoms with van der Waals surface area (Å²) in [6.07, 6.45) is 5.34. The quantitative estimate of drug-likeness (QED) is 0.723. The second kappa shape index (κ2) is 5.97. The summed E-state index contributed by atoms with van der Waals surface area (Å²) in [7, 11) is 0. The maximum absolute atomic E-state index is 10.4. The molecule has 0 aliphatic rings. The van der Waals surface area contributed by atoms with Gasteiger partial charge in [0.25, 0.3) is 0 Å². The van der Waals surface area contributed by atoms with Crippen molar-refractivity contribution in [2.24, 2.45) is 0 Å². The fraction of sp³-hybridized carbons (Fsp3) is 0.615. The fourth-order valence-corrected chi connectivity index (χ4v) is 1.80. The van der Waals surface area contributed by atoms with E-state index in [4.69, 9.17) is 0 Å². The Balaban J connectivity index is 2.59. The molecule has 3 nitrogen and oxygen atoms in total. The third-order valence-corrected chi connectivity index (χ3v) is 2.83. The number of hydrogen-bond donors (Lipinski definition) is 2. The zero-order valence-electron chi connectivity index (χ0n) is 10.5. The van der Waals surface area contributed by atoms with Crippen molar-refractivity contribution >= 4 is 0 Å². The zero-order valence-corrected chi connectivity index (χ0v) is 10.5. The van der Waals surface area contributed by atoms with Crippen LogP contribution in [0, 0.1) is 6.92 Å². The highest BCUT2D eigenvalue weighted by Crippen LogP contribution is 2.25. The normalized spacial score (nSPS) is 14.8. The van der Waals surface area contributed by atoms with Gasteiger partial charge in [-0.15, -0.1) is 0 Å². The summed E-state index contributed by atoms with van der Waals surface area (Å²) in [6.45, 7) is 7.82. The van der Waals surface area contributed by atoms with Gasteiger partial charge < -0.3 is 10.4 Å². The molecule has 1 atom stereocenters. The van der Waals surface area contributed by atoms with Gasteiger partial charge in [-0.25, -0.2) is 0 Å². The van der Waals surface area contributed by atoms with Crippen molar-refractivity contribution < 1.29 is 5.11 Å². The van der Waals surface area contributed by atoms with Crippen molar-refractivity contribution in [1.29, 1.82) is 0 Å². The summed E-state index contributed by atoms with van der Waals surface area (Å²) < 4.78 is 0. The van der Waals surface area contributed by atoms with Crippen LogP contribution in [0.3, 0.4) is 0 Å². The third kappa shape index (κ3) is 3.58. The number of pyridine rings is 1. The van der Waals surface area contributed by atoms with Crippen molar-refractivity contribution in [3.63, 3.8) is 0 Å². The second-order valence-corrected chi connectivity index (χ2v) is 4.46. The summed E-state index contributed by atoms with van der Waals surface area (Å²) in [4.78, 5) is 4.08. The van der Waals surface area contributed by atoms with E-state index in [9.17, 15) is 5.11 Å². The third-order valence-electron chi connectivity index (χ3n) is 2.83. The Labute approximate surface area is 97.9 Å². The first-order valence-electron chi connectivity index (χ1n) is 5.92. The Bertz CT molecular complexity index is 323. The smallest absolute Gasteiger partial charge is 0.0898 e. The molecule has 0 bridgehead atoms. The minimum atomic E-state index is -0.793. The largest absolute Gasteiger partial charge is 0.385 e. The average Bonchev–Trinajstić information content (AvgIpc) is 2.25. The van der Waals surface area contributed by atoms with Crippen molar-refractivity contribution in [1.82, 2.24) is 10.3 Å². The lowest BCUT2D eigenvalue weighted by Crippen LogP contribution is -2.29. The molecule has 16 heavy (non-hydrogen) atoms. The Kier molecular flexibility index (Phi) is 4.90. The van der Waals surface area contributed by atoms with Crippen LogP contribution in [0.5, 0.6) is 0 Å². The predicted molar refractivity (Wildman–Crippen MR) is 66.3 cm³/mol. The van der Waals surface area contributed by atoms with Gasteiger partial charge in [-0.3, -0.25) is 4.98 Å². The summed E-state index contributed by atoms with van der Waals surface area (Å²) in [5, 5.41) is 13.7. The molecular formula is C13H22N2O. The molecule has 0 radical (unpaired) electrons. The van der Waals surface area contributed by atoms with Crippen LogP contribution < -0.4 is 5.32 Å². The number of nitrogens with zero attached hydrogens (tertiary/aromatic N) is 1. The predicted octanol–water partition coefficient (Wildman–Crippen LogP) is 1.99. The zero-order chi connectivity index (χ0) is 12.0. The Morgan fingerprint density at radius 2 is 2.19 bits per heavy atom. The molecule has 1 rings (SSSR count). The van der Waals surface area contributed by atoms with Crippen LogP contribution in [-0.2, 0) is 5.60 Å². The van der Waals surface area contributed by atoms with Crippen LogP contribution >= 0.6 is 0 Å². The van der Waals surface area contributed by atoms with E-state index in [1.807, 2.05) is 19.9 Å².